The zero-order chi connectivity index (χ0) is 13.8. The van der Waals surface area contributed by atoms with E-state index in [0.29, 0.717) is 6.54 Å². The summed E-state index contributed by atoms with van der Waals surface area (Å²) in [6, 6.07) is 6.14. The molecule has 1 aromatic carbocycles. The van der Waals surface area contributed by atoms with E-state index in [1.54, 1.807) is 0 Å². The Labute approximate surface area is 116 Å². The second-order valence-corrected chi connectivity index (χ2v) is 6.05. The van der Waals surface area contributed by atoms with E-state index >= 15 is 0 Å². The number of benzene rings is 1. The van der Waals surface area contributed by atoms with Crippen molar-refractivity contribution in [2.45, 2.75) is 40.0 Å². The molecule has 0 saturated carbocycles. The fraction of sp³-hybridized carbons (Fsp3) is 0.588. The molecule has 2 nitrogen and oxygen atoms in total. The van der Waals surface area contributed by atoms with E-state index in [0.717, 1.165) is 30.1 Å². The summed E-state index contributed by atoms with van der Waals surface area (Å²) in [4.78, 5) is 14.8. The number of hydrogen-bond donors (Lipinski definition) is 0. The number of carbonyl (C=O) groups is 1. The van der Waals surface area contributed by atoms with Crippen LogP contribution in [0.15, 0.2) is 18.2 Å². The first-order valence-corrected chi connectivity index (χ1v) is 7.39. The zero-order valence-electron chi connectivity index (χ0n) is 12.4. The second kappa shape index (κ2) is 6.33. The Balaban J connectivity index is 2.02. The molecule has 2 rings (SSSR count). The summed E-state index contributed by atoms with van der Waals surface area (Å²) in [5.74, 6) is 1.08. The molecule has 0 spiro atoms. The number of nitrogens with zero attached hydrogens (tertiary/aromatic N) is 1. The van der Waals surface area contributed by atoms with Crippen LogP contribution in [0.25, 0.3) is 0 Å². The highest BCUT2D eigenvalue weighted by atomic mass is 16.1. The summed E-state index contributed by atoms with van der Waals surface area (Å²) in [6.07, 6.45) is 3.75. The lowest BCUT2D eigenvalue weighted by atomic mass is 10.0. The topological polar surface area (TPSA) is 20.3 Å². The summed E-state index contributed by atoms with van der Waals surface area (Å²) in [5, 5.41) is 0. The average Bonchev–Trinajstić information content (AvgIpc) is 2.57. The van der Waals surface area contributed by atoms with E-state index in [1.807, 2.05) is 26.0 Å². The molecule has 1 heterocycles. The van der Waals surface area contributed by atoms with Gasteiger partial charge in [-0.1, -0.05) is 24.6 Å². The molecule has 19 heavy (non-hydrogen) atoms. The van der Waals surface area contributed by atoms with Crippen molar-refractivity contribution >= 4 is 5.78 Å². The van der Waals surface area contributed by atoms with Crippen LogP contribution in [0.1, 0.15) is 47.7 Å². The molecule has 1 aliphatic rings. The molecule has 0 N–H and O–H groups in total. The van der Waals surface area contributed by atoms with Crippen LogP contribution >= 0.6 is 0 Å². The van der Waals surface area contributed by atoms with E-state index in [9.17, 15) is 4.79 Å². The van der Waals surface area contributed by atoms with E-state index in [1.165, 1.54) is 24.8 Å². The van der Waals surface area contributed by atoms with Gasteiger partial charge in [-0.25, -0.2) is 0 Å². The molecular weight excluding hydrogens is 234 g/mol. The molecule has 0 radical (unpaired) electrons. The van der Waals surface area contributed by atoms with Crippen molar-refractivity contribution < 1.29 is 4.79 Å². The Hall–Kier alpha value is -1.15. The molecule has 1 aromatic rings. The molecule has 1 unspecified atom stereocenters. The average molecular weight is 259 g/mol. The normalized spacial score (nSPS) is 21.1. The second-order valence-electron chi connectivity index (χ2n) is 6.05. The van der Waals surface area contributed by atoms with Crippen LogP contribution in [0.5, 0.6) is 0 Å². The number of ketones is 1. The monoisotopic (exact) mass is 259 g/mol. The van der Waals surface area contributed by atoms with Gasteiger partial charge in [0.25, 0.3) is 0 Å². The largest absolute Gasteiger partial charge is 0.296 e. The van der Waals surface area contributed by atoms with Crippen molar-refractivity contribution in [2.24, 2.45) is 5.92 Å². The highest BCUT2D eigenvalue weighted by Crippen LogP contribution is 2.18. The third kappa shape index (κ3) is 3.90. The van der Waals surface area contributed by atoms with Gasteiger partial charge in [-0.2, -0.15) is 0 Å². The molecule has 1 fully saturated rings. The van der Waals surface area contributed by atoms with E-state index in [2.05, 4.69) is 17.9 Å². The lowest BCUT2D eigenvalue weighted by molar-refractivity contribution is 0.0931. The zero-order valence-corrected chi connectivity index (χ0v) is 12.4. The molecule has 1 saturated heterocycles. The number of likely N-dealkylation sites (tertiary alicyclic amines) is 1. The first kappa shape index (κ1) is 14.3. The molecule has 0 amide bonds. The van der Waals surface area contributed by atoms with Gasteiger partial charge in [-0.05, 0) is 63.7 Å². The summed E-state index contributed by atoms with van der Waals surface area (Å²) in [6.45, 7) is 9.10. The summed E-state index contributed by atoms with van der Waals surface area (Å²) in [5.41, 5.74) is 3.16. The van der Waals surface area contributed by atoms with Crippen molar-refractivity contribution in [3.63, 3.8) is 0 Å². The van der Waals surface area contributed by atoms with Crippen molar-refractivity contribution in [1.82, 2.24) is 4.90 Å². The highest BCUT2D eigenvalue weighted by molar-refractivity contribution is 5.99. The molecule has 104 valence electrons. The summed E-state index contributed by atoms with van der Waals surface area (Å²) >= 11 is 0. The van der Waals surface area contributed by atoms with Crippen molar-refractivity contribution in [3.05, 3.63) is 34.9 Å². The van der Waals surface area contributed by atoms with Crippen molar-refractivity contribution in [1.29, 1.82) is 0 Å². The summed E-state index contributed by atoms with van der Waals surface area (Å²) < 4.78 is 0. The van der Waals surface area contributed by atoms with E-state index in [4.69, 9.17) is 0 Å². The maximum Gasteiger partial charge on any atom is 0.177 e. The van der Waals surface area contributed by atoms with Gasteiger partial charge < -0.3 is 0 Å². The van der Waals surface area contributed by atoms with E-state index in [-0.39, 0.29) is 5.78 Å². The molecule has 0 aliphatic carbocycles. The third-order valence-corrected chi connectivity index (χ3v) is 4.17. The Morgan fingerprint density at radius 3 is 2.84 bits per heavy atom. The Bertz CT molecular complexity index is 453. The number of carbonyl (C=O) groups excluding carboxylic acids is 1. The fourth-order valence-corrected chi connectivity index (χ4v) is 2.81. The van der Waals surface area contributed by atoms with Gasteiger partial charge in [0.2, 0.25) is 0 Å². The van der Waals surface area contributed by atoms with Crippen LogP contribution in [0.4, 0.5) is 0 Å². The molecule has 0 bridgehead atoms. The van der Waals surface area contributed by atoms with Gasteiger partial charge in [-0.3, -0.25) is 9.69 Å². The van der Waals surface area contributed by atoms with Gasteiger partial charge >= 0.3 is 0 Å². The van der Waals surface area contributed by atoms with Crippen molar-refractivity contribution in [2.75, 3.05) is 19.6 Å². The van der Waals surface area contributed by atoms with Crippen LogP contribution < -0.4 is 0 Å². The van der Waals surface area contributed by atoms with Crippen LogP contribution in [0.2, 0.25) is 0 Å². The van der Waals surface area contributed by atoms with Crippen LogP contribution in [-0.2, 0) is 0 Å². The van der Waals surface area contributed by atoms with Gasteiger partial charge in [0, 0.05) is 5.56 Å². The SMILES string of the molecule is Cc1ccc(C)c(C(=O)CN2CCCC(C)CC2)c1. The number of hydrogen-bond acceptors (Lipinski definition) is 2. The number of rotatable bonds is 3. The fourth-order valence-electron chi connectivity index (χ4n) is 2.81. The highest BCUT2D eigenvalue weighted by Gasteiger charge is 2.18. The van der Waals surface area contributed by atoms with Crippen LogP contribution in [-0.4, -0.2) is 30.3 Å². The standard InChI is InChI=1S/C17H25NO/c1-13-5-4-9-18(10-8-13)12-17(19)16-11-14(2)6-7-15(16)3/h6-7,11,13H,4-5,8-10,12H2,1-3H3. The predicted molar refractivity (Wildman–Crippen MR) is 79.7 cm³/mol. The molecule has 2 heteroatoms. The number of Topliss-reactive ketones (excluding diaryl/α,β-unsaturated/α-hetero) is 1. The lowest BCUT2D eigenvalue weighted by Gasteiger charge is -2.19. The van der Waals surface area contributed by atoms with Gasteiger partial charge in [0.15, 0.2) is 5.78 Å². The van der Waals surface area contributed by atoms with Gasteiger partial charge in [0.1, 0.15) is 0 Å². The Morgan fingerprint density at radius 2 is 2.05 bits per heavy atom. The predicted octanol–water partition coefficient (Wildman–Crippen LogP) is 3.61. The minimum Gasteiger partial charge on any atom is -0.296 e. The first-order chi connectivity index (χ1) is 9.06. The van der Waals surface area contributed by atoms with Crippen molar-refractivity contribution in [3.8, 4) is 0 Å². The molecular formula is C17H25NO. The molecule has 1 aliphatic heterocycles. The third-order valence-electron chi connectivity index (χ3n) is 4.17. The molecule has 1 atom stereocenters. The van der Waals surface area contributed by atoms with E-state index < -0.39 is 0 Å². The molecule has 0 aromatic heterocycles. The summed E-state index contributed by atoms with van der Waals surface area (Å²) in [7, 11) is 0. The Morgan fingerprint density at radius 1 is 1.26 bits per heavy atom. The number of aryl methyl sites for hydroxylation is 2. The van der Waals surface area contributed by atoms with Gasteiger partial charge in [0.05, 0.1) is 6.54 Å². The first-order valence-electron chi connectivity index (χ1n) is 7.39. The van der Waals surface area contributed by atoms with Crippen LogP contribution in [0, 0.1) is 19.8 Å². The van der Waals surface area contributed by atoms with Crippen LogP contribution in [0.3, 0.4) is 0 Å². The maximum absolute atomic E-state index is 12.4. The minimum absolute atomic E-state index is 0.274. The smallest absolute Gasteiger partial charge is 0.177 e. The lowest BCUT2D eigenvalue weighted by Crippen LogP contribution is -2.31. The van der Waals surface area contributed by atoms with Gasteiger partial charge in [-0.15, -0.1) is 0 Å². The minimum atomic E-state index is 0.274. The maximum atomic E-state index is 12.4. The quantitative estimate of drug-likeness (QED) is 0.773. The Kier molecular flexibility index (Phi) is 4.76.